The summed E-state index contributed by atoms with van der Waals surface area (Å²) in [5, 5.41) is 2.21. The summed E-state index contributed by atoms with van der Waals surface area (Å²) in [6, 6.07) is 9.14. The monoisotopic (exact) mass is 451 g/mol. The summed E-state index contributed by atoms with van der Waals surface area (Å²) in [4.78, 5) is 95.8. The van der Waals surface area contributed by atoms with Crippen molar-refractivity contribution in [3.8, 4) is 0 Å². The third kappa shape index (κ3) is 3.59. The van der Waals surface area contributed by atoms with Crippen molar-refractivity contribution >= 4 is 41.5 Å². The molecule has 2 aliphatic heterocycles. The second-order valence-corrected chi connectivity index (χ2v) is 6.85. The number of nitrogens with zero attached hydrogens (tertiary/aromatic N) is 2. The SMILES string of the molecule is CC(=O)NC(C(=O)ON1C(=O)c2ccccc2C1=O)C(=O)ON1C(=O)c2ccccc2C1=O. The maximum Gasteiger partial charge on any atom is 0.366 e. The first-order valence-corrected chi connectivity index (χ1v) is 9.37. The Bertz CT molecular complexity index is 1110. The smallest absolute Gasteiger partial charge is 0.334 e. The minimum atomic E-state index is -2.20. The van der Waals surface area contributed by atoms with Gasteiger partial charge in [-0.1, -0.05) is 34.4 Å². The number of carbonyl (C=O) groups is 7. The van der Waals surface area contributed by atoms with Gasteiger partial charge >= 0.3 is 11.9 Å². The van der Waals surface area contributed by atoms with Crippen LogP contribution in [0.15, 0.2) is 48.5 Å². The van der Waals surface area contributed by atoms with Crippen LogP contribution in [0.2, 0.25) is 0 Å². The van der Waals surface area contributed by atoms with Crippen molar-refractivity contribution in [1.29, 1.82) is 0 Å². The predicted molar refractivity (Wildman–Crippen MR) is 104 cm³/mol. The quantitative estimate of drug-likeness (QED) is 0.488. The van der Waals surface area contributed by atoms with E-state index < -0.39 is 47.5 Å². The van der Waals surface area contributed by atoms with Crippen molar-refractivity contribution < 1.29 is 43.2 Å². The predicted octanol–water partition coefficient (Wildman–Crippen LogP) is -0.000100. The van der Waals surface area contributed by atoms with Crippen LogP contribution in [0.5, 0.6) is 0 Å². The number of hydroxylamine groups is 4. The number of benzene rings is 2. The zero-order chi connectivity index (χ0) is 23.9. The Kier molecular flexibility index (Phi) is 5.18. The minimum Gasteiger partial charge on any atom is -0.334 e. The van der Waals surface area contributed by atoms with Crippen LogP contribution < -0.4 is 5.32 Å². The molecule has 0 atom stereocenters. The molecule has 12 nitrogen and oxygen atoms in total. The molecule has 0 fully saturated rings. The highest BCUT2D eigenvalue weighted by Crippen LogP contribution is 2.24. The highest BCUT2D eigenvalue weighted by Gasteiger charge is 2.44. The summed E-state index contributed by atoms with van der Waals surface area (Å²) >= 11 is 0. The van der Waals surface area contributed by atoms with Gasteiger partial charge in [-0.2, -0.15) is 0 Å². The van der Waals surface area contributed by atoms with Crippen molar-refractivity contribution in [2.75, 3.05) is 0 Å². The fourth-order valence-electron chi connectivity index (χ4n) is 3.20. The average Bonchev–Trinajstić information content (AvgIpc) is 3.18. The lowest BCUT2D eigenvalue weighted by Gasteiger charge is -2.20. The second-order valence-electron chi connectivity index (χ2n) is 6.85. The van der Waals surface area contributed by atoms with Gasteiger partial charge in [-0.25, -0.2) is 9.59 Å². The second kappa shape index (κ2) is 8.00. The molecule has 12 heteroatoms. The lowest BCUT2D eigenvalue weighted by atomic mass is 10.1. The highest BCUT2D eigenvalue weighted by molar-refractivity contribution is 6.22. The van der Waals surface area contributed by atoms with Gasteiger partial charge in [0.25, 0.3) is 23.6 Å². The van der Waals surface area contributed by atoms with Crippen molar-refractivity contribution in [1.82, 2.24) is 15.4 Å². The van der Waals surface area contributed by atoms with Gasteiger partial charge in [0.2, 0.25) is 11.9 Å². The van der Waals surface area contributed by atoms with Crippen LogP contribution in [0, 0.1) is 0 Å². The molecule has 2 aromatic carbocycles. The Morgan fingerprint density at radius 3 is 1.24 bits per heavy atom. The van der Waals surface area contributed by atoms with E-state index in [0.717, 1.165) is 6.92 Å². The van der Waals surface area contributed by atoms with Crippen LogP contribution in [-0.4, -0.2) is 57.6 Å². The lowest BCUT2D eigenvalue weighted by Crippen LogP contribution is -2.51. The van der Waals surface area contributed by atoms with Gasteiger partial charge in [-0.05, 0) is 24.3 Å². The molecule has 0 saturated carbocycles. The van der Waals surface area contributed by atoms with Gasteiger partial charge in [0, 0.05) is 6.92 Å². The molecule has 166 valence electrons. The maximum absolute atomic E-state index is 12.6. The molecular formula is C21H13N3O9. The molecule has 0 aromatic heterocycles. The Labute approximate surface area is 184 Å². The Morgan fingerprint density at radius 1 is 0.667 bits per heavy atom. The maximum atomic E-state index is 12.6. The van der Waals surface area contributed by atoms with E-state index in [1.54, 1.807) is 0 Å². The van der Waals surface area contributed by atoms with E-state index in [2.05, 4.69) is 0 Å². The van der Waals surface area contributed by atoms with Crippen molar-refractivity contribution in [3.05, 3.63) is 70.8 Å². The van der Waals surface area contributed by atoms with Crippen molar-refractivity contribution in [3.63, 3.8) is 0 Å². The third-order valence-corrected chi connectivity index (χ3v) is 4.70. The van der Waals surface area contributed by atoms with E-state index >= 15 is 0 Å². The van der Waals surface area contributed by atoms with Gasteiger partial charge in [0.15, 0.2) is 0 Å². The lowest BCUT2D eigenvalue weighted by molar-refractivity contribution is -0.185. The normalized spacial score (nSPS) is 14.4. The number of hydrogen-bond donors (Lipinski definition) is 1. The molecule has 1 N–H and O–H groups in total. The molecule has 2 aliphatic rings. The fourth-order valence-corrected chi connectivity index (χ4v) is 3.20. The molecule has 0 saturated heterocycles. The topological polar surface area (TPSA) is 156 Å². The van der Waals surface area contributed by atoms with E-state index in [0.29, 0.717) is 0 Å². The van der Waals surface area contributed by atoms with Crippen molar-refractivity contribution in [2.45, 2.75) is 13.0 Å². The molecule has 0 radical (unpaired) electrons. The molecule has 0 spiro atoms. The van der Waals surface area contributed by atoms with Crippen LogP contribution in [0.25, 0.3) is 0 Å². The summed E-state index contributed by atoms with van der Waals surface area (Å²) in [5.41, 5.74) is -0.111. The Hall–Kier alpha value is -4.87. The zero-order valence-corrected chi connectivity index (χ0v) is 16.8. The number of imide groups is 2. The van der Waals surface area contributed by atoms with Gasteiger partial charge in [-0.3, -0.25) is 24.0 Å². The molecule has 4 rings (SSSR count). The molecular weight excluding hydrogens is 438 g/mol. The standard InChI is InChI=1S/C21H13N3O9/c1-10(25)22-15(20(30)32-23-16(26)11-6-2-3-7-12(11)17(23)27)21(31)33-24-18(28)13-8-4-5-9-14(13)19(24)29/h2-9,15H,1H3,(H,22,25). The molecule has 5 amide bonds. The summed E-state index contributed by atoms with van der Waals surface area (Å²) in [5.74, 6) is -7.82. The third-order valence-electron chi connectivity index (χ3n) is 4.70. The highest BCUT2D eigenvalue weighted by atomic mass is 16.7. The van der Waals surface area contributed by atoms with E-state index in [1.807, 2.05) is 5.32 Å². The number of rotatable bonds is 5. The number of fused-ring (bicyclic) bond motifs is 2. The zero-order valence-electron chi connectivity index (χ0n) is 16.8. The number of amides is 5. The summed E-state index contributed by atoms with van der Waals surface area (Å²) in [6.45, 7) is 0.970. The van der Waals surface area contributed by atoms with Crippen LogP contribution in [-0.2, 0) is 24.1 Å². The average molecular weight is 451 g/mol. The number of hydrogen-bond acceptors (Lipinski definition) is 9. The van der Waals surface area contributed by atoms with Crippen LogP contribution in [0.1, 0.15) is 48.4 Å². The molecule has 0 unspecified atom stereocenters. The molecule has 2 aromatic rings. The van der Waals surface area contributed by atoms with Crippen LogP contribution >= 0.6 is 0 Å². The molecule has 33 heavy (non-hydrogen) atoms. The molecule has 2 heterocycles. The first-order valence-electron chi connectivity index (χ1n) is 9.37. The fraction of sp³-hybridized carbons (Fsp3) is 0.0952. The first kappa shape index (κ1) is 21.4. The summed E-state index contributed by atoms with van der Waals surface area (Å²) in [6.07, 6.45) is 0. The first-order chi connectivity index (χ1) is 15.7. The number of carbonyl (C=O) groups excluding carboxylic acids is 7. The minimum absolute atomic E-state index is 0.0278. The van der Waals surface area contributed by atoms with Crippen LogP contribution in [0.3, 0.4) is 0 Å². The van der Waals surface area contributed by atoms with E-state index in [4.69, 9.17) is 9.68 Å². The van der Waals surface area contributed by atoms with E-state index in [1.165, 1.54) is 48.5 Å². The van der Waals surface area contributed by atoms with Gasteiger partial charge in [-0.15, -0.1) is 0 Å². The largest absolute Gasteiger partial charge is 0.366 e. The molecule has 0 aliphatic carbocycles. The van der Waals surface area contributed by atoms with E-state index in [9.17, 15) is 33.6 Å². The summed E-state index contributed by atoms with van der Waals surface area (Å²) < 4.78 is 0. The van der Waals surface area contributed by atoms with Crippen molar-refractivity contribution in [2.24, 2.45) is 0 Å². The van der Waals surface area contributed by atoms with Gasteiger partial charge < -0.3 is 15.0 Å². The molecule has 0 bridgehead atoms. The van der Waals surface area contributed by atoms with Gasteiger partial charge in [0.1, 0.15) is 0 Å². The number of nitrogens with one attached hydrogen (secondary N) is 1. The van der Waals surface area contributed by atoms with E-state index in [-0.39, 0.29) is 32.4 Å². The van der Waals surface area contributed by atoms with Gasteiger partial charge in [0.05, 0.1) is 22.3 Å². The van der Waals surface area contributed by atoms with Crippen LogP contribution in [0.4, 0.5) is 0 Å². The summed E-state index contributed by atoms with van der Waals surface area (Å²) in [7, 11) is 0. The Morgan fingerprint density at radius 2 is 0.970 bits per heavy atom. The Balaban J connectivity index is 1.52.